The van der Waals surface area contributed by atoms with Crippen molar-refractivity contribution in [1.82, 2.24) is 10.3 Å². The molecule has 0 aliphatic heterocycles. The van der Waals surface area contributed by atoms with E-state index in [2.05, 4.69) is 17.2 Å². The van der Waals surface area contributed by atoms with Crippen LogP contribution in [-0.4, -0.2) is 16.4 Å². The first-order chi connectivity index (χ1) is 8.63. The standard InChI is InChI=1S/C14H21N3O/c1-14(6-3-2-4-7-14)17-13(18)11-5-8-16-12(9-11)10-15/h5,8-9H,2-4,6-7,10,15H2,1H3,(H,17,18). The van der Waals surface area contributed by atoms with E-state index in [1.54, 1.807) is 18.3 Å². The molecule has 3 N–H and O–H groups in total. The van der Waals surface area contributed by atoms with Crippen LogP contribution in [0.2, 0.25) is 0 Å². The van der Waals surface area contributed by atoms with Crippen molar-refractivity contribution >= 4 is 5.91 Å². The molecule has 1 heterocycles. The fourth-order valence-electron chi connectivity index (χ4n) is 2.53. The molecule has 0 unspecified atom stereocenters. The molecule has 0 bridgehead atoms. The minimum atomic E-state index is -0.0541. The molecule has 1 aromatic rings. The molecule has 0 aromatic carbocycles. The topological polar surface area (TPSA) is 68.0 Å². The number of nitrogens with two attached hydrogens (primary N) is 1. The average Bonchev–Trinajstić information content (AvgIpc) is 2.39. The zero-order chi connectivity index (χ0) is 13.0. The van der Waals surface area contributed by atoms with Gasteiger partial charge < -0.3 is 11.1 Å². The fraction of sp³-hybridized carbons (Fsp3) is 0.571. The second-order valence-corrected chi connectivity index (χ2v) is 5.32. The molecule has 4 heteroatoms. The van der Waals surface area contributed by atoms with Crippen molar-refractivity contribution < 1.29 is 4.79 Å². The zero-order valence-electron chi connectivity index (χ0n) is 10.9. The summed E-state index contributed by atoms with van der Waals surface area (Å²) in [5.74, 6) is -0.0171. The van der Waals surface area contributed by atoms with E-state index in [-0.39, 0.29) is 11.4 Å². The monoisotopic (exact) mass is 247 g/mol. The van der Waals surface area contributed by atoms with Gasteiger partial charge in [0.25, 0.3) is 5.91 Å². The summed E-state index contributed by atoms with van der Waals surface area (Å²) in [7, 11) is 0. The number of nitrogens with one attached hydrogen (secondary N) is 1. The molecule has 1 amide bonds. The largest absolute Gasteiger partial charge is 0.347 e. The van der Waals surface area contributed by atoms with Crippen molar-refractivity contribution in [2.75, 3.05) is 0 Å². The first-order valence-corrected chi connectivity index (χ1v) is 6.60. The SMILES string of the molecule is CC1(NC(=O)c2ccnc(CN)c2)CCCCC1. The van der Waals surface area contributed by atoms with E-state index in [1.807, 2.05) is 0 Å². The zero-order valence-corrected chi connectivity index (χ0v) is 10.9. The first-order valence-electron chi connectivity index (χ1n) is 6.60. The Balaban J connectivity index is 2.06. The number of nitrogens with zero attached hydrogens (tertiary/aromatic N) is 1. The van der Waals surface area contributed by atoms with Gasteiger partial charge in [0.1, 0.15) is 0 Å². The number of hydrogen-bond acceptors (Lipinski definition) is 3. The van der Waals surface area contributed by atoms with Crippen LogP contribution in [0.4, 0.5) is 0 Å². The predicted octanol–water partition coefficient (Wildman–Crippen LogP) is 1.99. The summed E-state index contributed by atoms with van der Waals surface area (Å²) in [6.45, 7) is 2.49. The Morgan fingerprint density at radius 1 is 1.44 bits per heavy atom. The van der Waals surface area contributed by atoms with E-state index in [1.165, 1.54) is 19.3 Å². The third kappa shape index (κ3) is 3.07. The number of hydrogen-bond donors (Lipinski definition) is 2. The van der Waals surface area contributed by atoms with Gasteiger partial charge in [0.15, 0.2) is 0 Å². The molecule has 1 aliphatic rings. The Kier molecular flexibility index (Phi) is 3.97. The molecular formula is C14H21N3O. The van der Waals surface area contributed by atoms with Gasteiger partial charge in [-0.2, -0.15) is 0 Å². The number of rotatable bonds is 3. The number of aromatic nitrogens is 1. The van der Waals surface area contributed by atoms with Crippen molar-refractivity contribution in [3.8, 4) is 0 Å². The van der Waals surface area contributed by atoms with Crippen molar-refractivity contribution in [2.45, 2.75) is 51.1 Å². The first kappa shape index (κ1) is 13.0. The number of amides is 1. The number of carbonyl (C=O) groups excluding carboxylic acids is 1. The van der Waals surface area contributed by atoms with Gasteiger partial charge in [0, 0.05) is 23.8 Å². The molecule has 1 aliphatic carbocycles. The predicted molar refractivity (Wildman–Crippen MR) is 71.1 cm³/mol. The molecule has 0 radical (unpaired) electrons. The summed E-state index contributed by atoms with van der Waals surface area (Å²) in [6.07, 6.45) is 7.43. The quantitative estimate of drug-likeness (QED) is 0.858. The maximum atomic E-state index is 12.2. The molecule has 18 heavy (non-hydrogen) atoms. The van der Waals surface area contributed by atoms with Crippen LogP contribution in [-0.2, 0) is 6.54 Å². The van der Waals surface area contributed by atoms with E-state index in [0.29, 0.717) is 12.1 Å². The normalized spacial score (nSPS) is 18.3. The van der Waals surface area contributed by atoms with Crippen molar-refractivity contribution in [3.05, 3.63) is 29.6 Å². The molecular weight excluding hydrogens is 226 g/mol. The number of carbonyl (C=O) groups is 1. The molecule has 1 saturated carbocycles. The smallest absolute Gasteiger partial charge is 0.251 e. The Hall–Kier alpha value is -1.42. The van der Waals surface area contributed by atoms with Crippen LogP contribution in [0.5, 0.6) is 0 Å². The summed E-state index contributed by atoms with van der Waals surface area (Å²) in [5.41, 5.74) is 6.88. The highest BCUT2D eigenvalue weighted by Gasteiger charge is 2.28. The lowest BCUT2D eigenvalue weighted by atomic mass is 9.83. The summed E-state index contributed by atoms with van der Waals surface area (Å²) in [5, 5.41) is 3.16. The summed E-state index contributed by atoms with van der Waals surface area (Å²) >= 11 is 0. The lowest BCUT2D eigenvalue weighted by Crippen LogP contribution is -2.47. The number of pyridine rings is 1. The molecule has 98 valence electrons. The van der Waals surface area contributed by atoms with Crippen molar-refractivity contribution in [1.29, 1.82) is 0 Å². The summed E-state index contributed by atoms with van der Waals surface area (Å²) < 4.78 is 0. The van der Waals surface area contributed by atoms with Crippen LogP contribution in [0, 0.1) is 0 Å². The second kappa shape index (κ2) is 5.48. The minimum Gasteiger partial charge on any atom is -0.347 e. The molecule has 0 saturated heterocycles. The maximum Gasteiger partial charge on any atom is 0.251 e. The summed E-state index contributed by atoms with van der Waals surface area (Å²) in [6, 6.07) is 3.50. The van der Waals surface area contributed by atoms with Gasteiger partial charge in [-0.15, -0.1) is 0 Å². The highest BCUT2D eigenvalue weighted by Crippen LogP contribution is 2.27. The van der Waals surface area contributed by atoms with E-state index in [4.69, 9.17) is 5.73 Å². The van der Waals surface area contributed by atoms with Gasteiger partial charge in [0.2, 0.25) is 0 Å². The van der Waals surface area contributed by atoms with E-state index < -0.39 is 0 Å². The Morgan fingerprint density at radius 2 is 2.17 bits per heavy atom. The highest BCUT2D eigenvalue weighted by atomic mass is 16.1. The average molecular weight is 247 g/mol. The molecule has 4 nitrogen and oxygen atoms in total. The molecule has 1 aromatic heterocycles. The van der Waals surface area contributed by atoms with Crippen LogP contribution in [0.15, 0.2) is 18.3 Å². The van der Waals surface area contributed by atoms with Crippen molar-refractivity contribution in [2.24, 2.45) is 5.73 Å². The van der Waals surface area contributed by atoms with Gasteiger partial charge in [-0.05, 0) is 31.9 Å². The van der Waals surface area contributed by atoms with Crippen molar-refractivity contribution in [3.63, 3.8) is 0 Å². The Bertz CT molecular complexity index is 425. The Morgan fingerprint density at radius 3 is 2.83 bits per heavy atom. The van der Waals surface area contributed by atoms with Gasteiger partial charge in [-0.1, -0.05) is 19.3 Å². The van der Waals surface area contributed by atoms with Crippen LogP contribution in [0.3, 0.4) is 0 Å². The Labute approximate surface area is 108 Å². The molecule has 0 spiro atoms. The van der Waals surface area contributed by atoms with Gasteiger partial charge >= 0.3 is 0 Å². The van der Waals surface area contributed by atoms with Crippen LogP contribution in [0.25, 0.3) is 0 Å². The fourth-order valence-corrected chi connectivity index (χ4v) is 2.53. The third-order valence-electron chi connectivity index (χ3n) is 3.66. The lowest BCUT2D eigenvalue weighted by Gasteiger charge is -2.34. The minimum absolute atomic E-state index is 0.0171. The second-order valence-electron chi connectivity index (χ2n) is 5.32. The van der Waals surface area contributed by atoms with Gasteiger partial charge in [-0.25, -0.2) is 0 Å². The van der Waals surface area contributed by atoms with Gasteiger partial charge in [0.05, 0.1) is 5.69 Å². The van der Waals surface area contributed by atoms with E-state index >= 15 is 0 Å². The van der Waals surface area contributed by atoms with Gasteiger partial charge in [-0.3, -0.25) is 9.78 Å². The van der Waals surface area contributed by atoms with Crippen LogP contribution >= 0.6 is 0 Å². The molecule has 2 rings (SSSR count). The van der Waals surface area contributed by atoms with E-state index in [0.717, 1.165) is 18.5 Å². The molecule has 0 atom stereocenters. The maximum absolute atomic E-state index is 12.2. The van der Waals surface area contributed by atoms with Crippen LogP contribution in [0.1, 0.15) is 55.1 Å². The lowest BCUT2D eigenvalue weighted by molar-refractivity contribution is 0.0882. The highest BCUT2D eigenvalue weighted by molar-refractivity contribution is 5.94. The third-order valence-corrected chi connectivity index (χ3v) is 3.66. The van der Waals surface area contributed by atoms with E-state index in [9.17, 15) is 4.79 Å². The van der Waals surface area contributed by atoms with Crippen LogP contribution < -0.4 is 11.1 Å². The summed E-state index contributed by atoms with van der Waals surface area (Å²) in [4.78, 5) is 16.3. The molecule has 1 fully saturated rings.